The van der Waals surface area contributed by atoms with Crippen molar-refractivity contribution in [3.63, 3.8) is 0 Å². The molecule has 3 heteroatoms. The number of likely N-dealkylation sites (tertiary alicyclic amines) is 1. The van der Waals surface area contributed by atoms with E-state index in [0.717, 1.165) is 18.6 Å². The van der Waals surface area contributed by atoms with Gasteiger partial charge in [-0.15, -0.1) is 0 Å². The molecule has 17 heavy (non-hydrogen) atoms. The number of piperidine rings is 1. The highest BCUT2D eigenvalue weighted by molar-refractivity contribution is 4.81. The maximum Gasteiger partial charge on any atom is 0.0217 e. The van der Waals surface area contributed by atoms with Crippen LogP contribution in [-0.2, 0) is 0 Å². The largest absolute Gasteiger partial charge is 0.317 e. The summed E-state index contributed by atoms with van der Waals surface area (Å²) in [5.74, 6) is 0. The van der Waals surface area contributed by atoms with Crippen LogP contribution in [0.2, 0.25) is 0 Å². The Morgan fingerprint density at radius 1 is 1.41 bits per heavy atom. The van der Waals surface area contributed by atoms with Crippen molar-refractivity contribution >= 4 is 0 Å². The first kappa shape index (κ1) is 14.9. The Morgan fingerprint density at radius 3 is 2.82 bits per heavy atom. The SMILES string of the molecule is CCNCCCC(C)N1CCCC(N(C)C)C1. The molecule has 1 aliphatic heterocycles. The van der Waals surface area contributed by atoms with Crippen molar-refractivity contribution in [3.8, 4) is 0 Å². The van der Waals surface area contributed by atoms with Gasteiger partial charge in [-0.1, -0.05) is 6.92 Å². The fraction of sp³-hybridized carbons (Fsp3) is 1.00. The molecule has 1 fully saturated rings. The lowest BCUT2D eigenvalue weighted by atomic mass is 10.0. The van der Waals surface area contributed by atoms with E-state index in [1.165, 1.54) is 45.3 Å². The summed E-state index contributed by atoms with van der Waals surface area (Å²) in [4.78, 5) is 5.07. The van der Waals surface area contributed by atoms with Crippen LogP contribution in [0, 0.1) is 0 Å². The second-order valence-corrected chi connectivity index (χ2v) is 5.60. The summed E-state index contributed by atoms with van der Waals surface area (Å²) in [7, 11) is 4.42. The number of nitrogens with zero attached hydrogens (tertiary/aromatic N) is 2. The summed E-state index contributed by atoms with van der Waals surface area (Å²) in [6.07, 6.45) is 5.36. The predicted octanol–water partition coefficient (Wildman–Crippen LogP) is 1.79. The molecule has 0 aromatic carbocycles. The lowest BCUT2D eigenvalue weighted by Gasteiger charge is -2.39. The normalized spacial score (nSPS) is 24.2. The first-order valence-electron chi connectivity index (χ1n) is 7.26. The topological polar surface area (TPSA) is 18.5 Å². The van der Waals surface area contributed by atoms with Gasteiger partial charge in [-0.3, -0.25) is 4.90 Å². The third-order valence-electron chi connectivity index (χ3n) is 4.01. The molecule has 0 saturated carbocycles. The molecule has 0 aromatic heterocycles. The van der Waals surface area contributed by atoms with Crippen molar-refractivity contribution in [1.29, 1.82) is 0 Å². The molecule has 0 bridgehead atoms. The van der Waals surface area contributed by atoms with E-state index < -0.39 is 0 Å². The summed E-state index contributed by atoms with van der Waals surface area (Å²) in [5, 5.41) is 3.41. The van der Waals surface area contributed by atoms with Gasteiger partial charge in [0.1, 0.15) is 0 Å². The number of rotatable bonds is 7. The Bertz CT molecular complexity index is 194. The van der Waals surface area contributed by atoms with Crippen molar-refractivity contribution in [2.75, 3.05) is 40.3 Å². The Labute approximate surface area is 108 Å². The minimum absolute atomic E-state index is 0.747. The van der Waals surface area contributed by atoms with E-state index in [2.05, 4.69) is 43.1 Å². The Morgan fingerprint density at radius 2 is 2.18 bits per heavy atom. The van der Waals surface area contributed by atoms with E-state index >= 15 is 0 Å². The highest BCUT2D eigenvalue weighted by atomic mass is 15.2. The van der Waals surface area contributed by atoms with Gasteiger partial charge in [0.05, 0.1) is 0 Å². The Hall–Kier alpha value is -0.120. The van der Waals surface area contributed by atoms with Gasteiger partial charge in [0.15, 0.2) is 0 Å². The minimum Gasteiger partial charge on any atom is -0.317 e. The smallest absolute Gasteiger partial charge is 0.0217 e. The summed E-state index contributed by atoms with van der Waals surface area (Å²) < 4.78 is 0. The van der Waals surface area contributed by atoms with Crippen LogP contribution in [0.3, 0.4) is 0 Å². The zero-order chi connectivity index (χ0) is 12.7. The fourth-order valence-corrected chi connectivity index (χ4v) is 2.69. The minimum atomic E-state index is 0.747. The van der Waals surface area contributed by atoms with Gasteiger partial charge in [-0.2, -0.15) is 0 Å². The molecular formula is C14H31N3. The third kappa shape index (κ3) is 5.36. The van der Waals surface area contributed by atoms with Gasteiger partial charge >= 0.3 is 0 Å². The molecule has 0 radical (unpaired) electrons. The van der Waals surface area contributed by atoms with Crippen LogP contribution in [0.15, 0.2) is 0 Å². The van der Waals surface area contributed by atoms with Crippen LogP contribution in [-0.4, -0.2) is 62.2 Å². The van der Waals surface area contributed by atoms with Crippen molar-refractivity contribution in [2.24, 2.45) is 0 Å². The molecule has 0 amide bonds. The highest BCUT2D eigenvalue weighted by Crippen LogP contribution is 2.17. The molecule has 2 unspecified atom stereocenters. The number of likely N-dealkylation sites (N-methyl/N-ethyl adjacent to an activating group) is 1. The molecule has 0 aromatic rings. The average molecular weight is 241 g/mol. The molecule has 1 heterocycles. The lowest BCUT2D eigenvalue weighted by molar-refractivity contribution is 0.0979. The van der Waals surface area contributed by atoms with E-state index in [1.54, 1.807) is 0 Å². The second-order valence-electron chi connectivity index (χ2n) is 5.60. The second kappa shape index (κ2) is 8.06. The van der Waals surface area contributed by atoms with E-state index in [1.807, 2.05) is 0 Å². The lowest BCUT2D eigenvalue weighted by Crippen LogP contribution is -2.48. The molecule has 1 N–H and O–H groups in total. The maximum atomic E-state index is 3.41. The standard InChI is InChI=1S/C14H31N3/c1-5-15-10-6-8-13(2)17-11-7-9-14(12-17)16(3)4/h13-15H,5-12H2,1-4H3. The van der Waals surface area contributed by atoms with Gasteiger partial charge in [-0.05, 0) is 66.3 Å². The first-order valence-corrected chi connectivity index (χ1v) is 7.26. The molecular weight excluding hydrogens is 210 g/mol. The molecule has 1 aliphatic rings. The maximum absolute atomic E-state index is 3.41. The number of hydrogen-bond acceptors (Lipinski definition) is 3. The molecule has 1 saturated heterocycles. The molecule has 0 spiro atoms. The molecule has 1 rings (SSSR count). The monoisotopic (exact) mass is 241 g/mol. The third-order valence-corrected chi connectivity index (χ3v) is 4.01. The van der Waals surface area contributed by atoms with Gasteiger partial charge in [0.2, 0.25) is 0 Å². The molecule has 3 nitrogen and oxygen atoms in total. The van der Waals surface area contributed by atoms with E-state index in [4.69, 9.17) is 0 Å². The zero-order valence-corrected chi connectivity index (χ0v) is 12.2. The predicted molar refractivity (Wildman–Crippen MR) is 75.5 cm³/mol. The number of nitrogens with one attached hydrogen (secondary N) is 1. The molecule has 102 valence electrons. The highest BCUT2D eigenvalue weighted by Gasteiger charge is 2.24. The van der Waals surface area contributed by atoms with Crippen molar-refractivity contribution in [1.82, 2.24) is 15.1 Å². The van der Waals surface area contributed by atoms with Crippen LogP contribution in [0.4, 0.5) is 0 Å². The fourth-order valence-electron chi connectivity index (χ4n) is 2.69. The Balaban J connectivity index is 2.23. The first-order chi connectivity index (χ1) is 8.15. The summed E-state index contributed by atoms with van der Waals surface area (Å²) in [6, 6.07) is 1.51. The zero-order valence-electron chi connectivity index (χ0n) is 12.2. The van der Waals surface area contributed by atoms with Crippen molar-refractivity contribution in [3.05, 3.63) is 0 Å². The van der Waals surface area contributed by atoms with Crippen LogP contribution < -0.4 is 5.32 Å². The van der Waals surface area contributed by atoms with Gasteiger partial charge < -0.3 is 10.2 Å². The summed E-state index contributed by atoms with van der Waals surface area (Å²) >= 11 is 0. The van der Waals surface area contributed by atoms with Crippen LogP contribution in [0.1, 0.15) is 39.5 Å². The summed E-state index contributed by atoms with van der Waals surface area (Å²) in [6.45, 7) is 9.40. The van der Waals surface area contributed by atoms with Crippen LogP contribution >= 0.6 is 0 Å². The van der Waals surface area contributed by atoms with Gasteiger partial charge in [0.25, 0.3) is 0 Å². The summed E-state index contributed by atoms with van der Waals surface area (Å²) in [5.41, 5.74) is 0. The Kier molecular flexibility index (Phi) is 7.09. The van der Waals surface area contributed by atoms with Crippen LogP contribution in [0.25, 0.3) is 0 Å². The average Bonchev–Trinajstić information content (AvgIpc) is 2.34. The van der Waals surface area contributed by atoms with Crippen LogP contribution in [0.5, 0.6) is 0 Å². The molecule has 2 atom stereocenters. The van der Waals surface area contributed by atoms with E-state index in [-0.39, 0.29) is 0 Å². The quantitative estimate of drug-likeness (QED) is 0.686. The molecule has 0 aliphatic carbocycles. The van der Waals surface area contributed by atoms with Crippen molar-refractivity contribution < 1.29 is 0 Å². The van der Waals surface area contributed by atoms with E-state index in [0.29, 0.717) is 0 Å². The van der Waals surface area contributed by atoms with Gasteiger partial charge in [-0.25, -0.2) is 0 Å². The van der Waals surface area contributed by atoms with E-state index in [9.17, 15) is 0 Å². The van der Waals surface area contributed by atoms with Gasteiger partial charge in [0, 0.05) is 18.6 Å². The van der Waals surface area contributed by atoms with Crippen molar-refractivity contribution in [2.45, 2.75) is 51.6 Å². The number of hydrogen-bond donors (Lipinski definition) is 1.